The lowest BCUT2D eigenvalue weighted by atomic mass is 9.72. The fourth-order valence-electron chi connectivity index (χ4n) is 3.87. The van der Waals surface area contributed by atoms with Crippen LogP contribution in [-0.2, 0) is 43.7 Å². The van der Waals surface area contributed by atoms with Gasteiger partial charge in [-0.3, -0.25) is 0 Å². The lowest BCUT2D eigenvalue weighted by Crippen LogP contribution is -2.52. The molecule has 1 atom stereocenters. The fourth-order valence-corrected chi connectivity index (χ4v) is 3.87. The Kier molecular flexibility index (Phi) is 6.29. The molecule has 9 nitrogen and oxygen atoms in total. The van der Waals surface area contributed by atoms with Gasteiger partial charge in [-0.25, -0.2) is 19.2 Å². The zero-order valence-corrected chi connectivity index (χ0v) is 17.9. The van der Waals surface area contributed by atoms with Gasteiger partial charge in [-0.15, -0.1) is 0 Å². The van der Waals surface area contributed by atoms with Crippen molar-refractivity contribution in [3.63, 3.8) is 0 Å². The van der Waals surface area contributed by atoms with Gasteiger partial charge in [0, 0.05) is 6.20 Å². The van der Waals surface area contributed by atoms with Crippen LogP contribution >= 0.6 is 0 Å². The number of hydrogen-bond acceptors (Lipinski definition) is 9. The zero-order valence-electron chi connectivity index (χ0n) is 17.9. The molecule has 1 aromatic carbocycles. The number of nitrogens with zero attached hydrogens (tertiary/aromatic N) is 1. The van der Waals surface area contributed by atoms with E-state index >= 15 is 0 Å². The molecule has 0 aliphatic carbocycles. The summed E-state index contributed by atoms with van der Waals surface area (Å²) in [6.45, 7) is 0. The van der Waals surface area contributed by atoms with Gasteiger partial charge in [0.05, 0.1) is 39.6 Å². The molecule has 32 heavy (non-hydrogen) atoms. The van der Waals surface area contributed by atoms with Crippen molar-refractivity contribution in [3.05, 3.63) is 82.7 Å². The van der Waals surface area contributed by atoms with Crippen LogP contribution in [0.15, 0.2) is 77.2 Å². The summed E-state index contributed by atoms with van der Waals surface area (Å²) in [6.07, 6.45) is 6.38. The summed E-state index contributed by atoms with van der Waals surface area (Å²) >= 11 is 0. The second kappa shape index (κ2) is 8.93. The average Bonchev–Trinajstić information content (AvgIpc) is 2.85. The number of carbonyl (C=O) groups is 4. The highest BCUT2D eigenvalue weighted by Crippen LogP contribution is 2.49. The van der Waals surface area contributed by atoms with Crippen LogP contribution in [0.1, 0.15) is 5.56 Å². The Morgan fingerprint density at radius 2 is 1.28 bits per heavy atom. The molecule has 0 spiro atoms. The molecule has 3 rings (SSSR count). The first-order valence-corrected chi connectivity index (χ1v) is 9.42. The maximum atomic E-state index is 13.2. The zero-order chi connectivity index (χ0) is 23.5. The van der Waals surface area contributed by atoms with Crippen molar-refractivity contribution in [2.45, 2.75) is 5.54 Å². The van der Waals surface area contributed by atoms with E-state index < -0.39 is 40.6 Å². The molecule has 0 fully saturated rings. The number of carbonyl (C=O) groups excluding carboxylic acids is 4. The molecule has 0 N–H and O–H groups in total. The van der Waals surface area contributed by atoms with Crippen LogP contribution < -0.4 is 0 Å². The van der Waals surface area contributed by atoms with Crippen molar-refractivity contribution >= 4 is 23.9 Å². The van der Waals surface area contributed by atoms with Gasteiger partial charge in [0.15, 0.2) is 0 Å². The Morgan fingerprint density at radius 3 is 1.84 bits per heavy atom. The van der Waals surface area contributed by atoms with Crippen LogP contribution in [0.4, 0.5) is 0 Å². The number of hydrogen-bond donors (Lipinski definition) is 0. The van der Waals surface area contributed by atoms with Gasteiger partial charge in [0.25, 0.3) is 0 Å². The molecule has 9 heteroatoms. The first kappa shape index (κ1) is 22.5. The number of esters is 4. The van der Waals surface area contributed by atoms with Crippen molar-refractivity contribution < 1.29 is 38.1 Å². The van der Waals surface area contributed by atoms with Crippen molar-refractivity contribution in [2.24, 2.45) is 0 Å². The largest absolute Gasteiger partial charge is 0.466 e. The first-order valence-electron chi connectivity index (χ1n) is 9.42. The molecular formula is C23H21NO8. The van der Waals surface area contributed by atoms with E-state index in [0.29, 0.717) is 5.56 Å². The number of methoxy groups -OCH3 is 4. The smallest absolute Gasteiger partial charge is 0.355 e. The summed E-state index contributed by atoms with van der Waals surface area (Å²) < 4.78 is 19.7. The molecule has 2 heterocycles. The number of ether oxygens (including phenoxy) is 4. The van der Waals surface area contributed by atoms with Gasteiger partial charge in [-0.05, 0) is 17.7 Å². The molecule has 1 aromatic rings. The minimum Gasteiger partial charge on any atom is -0.466 e. The van der Waals surface area contributed by atoms with Crippen molar-refractivity contribution in [2.75, 3.05) is 28.4 Å². The second-order valence-electron chi connectivity index (χ2n) is 6.64. The molecule has 0 saturated heterocycles. The van der Waals surface area contributed by atoms with Gasteiger partial charge in [0.1, 0.15) is 16.8 Å². The van der Waals surface area contributed by atoms with Crippen LogP contribution in [0, 0.1) is 0 Å². The van der Waals surface area contributed by atoms with Crippen LogP contribution in [0.25, 0.3) is 0 Å². The predicted molar refractivity (Wildman–Crippen MR) is 110 cm³/mol. The molecule has 166 valence electrons. The van der Waals surface area contributed by atoms with E-state index in [9.17, 15) is 19.2 Å². The Bertz CT molecular complexity index is 1100. The van der Waals surface area contributed by atoms with Gasteiger partial charge < -0.3 is 23.8 Å². The maximum absolute atomic E-state index is 13.2. The van der Waals surface area contributed by atoms with E-state index in [4.69, 9.17) is 18.9 Å². The lowest BCUT2D eigenvalue weighted by Gasteiger charge is -2.47. The molecule has 0 amide bonds. The highest BCUT2D eigenvalue weighted by atomic mass is 16.5. The summed E-state index contributed by atoms with van der Waals surface area (Å²) in [5, 5.41) is 0. The van der Waals surface area contributed by atoms with Crippen LogP contribution in [-0.4, -0.2) is 57.2 Å². The van der Waals surface area contributed by atoms with E-state index in [2.05, 4.69) is 0 Å². The topological polar surface area (TPSA) is 108 Å². The highest BCUT2D eigenvalue weighted by molar-refractivity contribution is 6.17. The van der Waals surface area contributed by atoms with Gasteiger partial charge in [-0.1, -0.05) is 36.4 Å². The highest BCUT2D eigenvalue weighted by Gasteiger charge is 2.55. The molecule has 0 aromatic heterocycles. The van der Waals surface area contributed by atoms with E-state index in [1.165, 1.54) is 11.1 Å². The summed E-state index contributed by atoms with van der Waals surface area (Å²) in [5.74, 6) is -3.87. The van der Waals surface area contributed by atoms with Crippen LogP contribution in [0.3, 0.4) is 0 Å². The van der Waals surface area contributed by atoms with Gasteiger partial charge in [0.2, 0.25) is 0 Å². The monoisotopic (exact) mass is 439 g/mol. The second-order valence-corrected chi connectivity index (χ2v) is 6.64. The molecule has 2 aliphatic rings. The molecule has 0 bridgehead atoms. The molecular weight excluding hydrogens is 418 g/mol. The number of allylic oxidation sites excluding steroid dienone is 2. The van der Waals surface area contributed by atoms with Crippen molar-refractivity contribution in [1.29, 1.82) is 0 Å². The Balaban J connectivity index is 2.60. The summed E-state index contributed by atoms with van der Waals surface area (Å²) in [7, 11) is 4.46. The molecule has 1 unspecified atom stereocenters. The van der Waals surface area contributed by atoms with Gasteiger partial charge in [-0.2, -0.15) is 0 Å². The number of rotatable bonds is 5. The van der Waals surface area contributed by atoms with Crippen molar-refractivity contribution in [1.82, 2.24) is 4.90 Å². The third kappa shape index (κ3) is 3.27. The SMILES string of the molecule is COC(=O)C1=C(C(=O)OC)N2C=CC=CC2(c2ccccc2)C(C(=O)OC)=C1C(=O)OC. The Labute approximate surface area is 184 Å². The van der Waals surface area contributed by atoms with E-state index in [0.717, 1.165) is 28.4 Å². The molecule has 0 radical (unpaired) electrons. The Hall–Kier alpha value is -4.14. The Morgan fingerprint density at radius 1 is 0.719 bits per heavy atom. The minimum absolute atomic E-state index is 0.216. The predicted octanol–water partition coefficient (Wildman–Crippen LogP) is 1.52. The first-order chi connectivity index (χ1) is 15.4. The standard InChI is InChI=1S/C23H21NO8/c1-29-19(25)15-16(20(26)30-2)18(22(28)32-4)24-13-9-8-12-23(24,17(15)21(27)31-3)14-10-6-5-7-11-14/h5-13H,1-4H3. The minimum atomic E-state index is -1.52. The molecule has 0 saturated carbocycles. The maximum Gasteiger partial charge on any atom is 0.355 e. The summed E-state index contributed by atoms with van der Waals surface area (Å²) in [6, 6.07) is 8.67. The number of benzene rings is 1. The normalized spacial score (nSPS) is 19.3. The van der Waals surface area contributed by atoms with Gasteiger partial charge >= 0.3 is 23.9 Å². The van der Waals surface area contributed by atoms with Crippen molar-refractivity contribution in [3.8, 4) is 0 Å². The summed E-state index contributed by atoms with van der Waals surface area (Å²) in [5.41, 5.74) is -2.44. The average molecular weight is 439 g/mol. The van der Waals surface area contributed by atoms with E-state index in [1.54, 1.807) is 48.6 Å². The van der Waals surface area contributed by atoms with Crippen LogP contribution in [0.5, 0.6) is 0 Å². The lowest BCUT2D eigenvalue weighted by molar-refractivity contribution is -0.144. The third-order valence-corrected chi connectivity index (χ3v) is 5.18. The fraction of sp³-hybridized carbons (Fsp3) is 0.217. The number of fused-ring (bicyclic) bond motifs is 1. The quantitative estimate of drug-likeness (QED) is 0.498. The van der Waals surface area contributed by atoms with Crippen LogP contribution in [0.2, 0.25) is 0 Å². The van der Waals surface area contributed by atoms with E-state index in [-0.39, 0.29) is 11.3 Å². The third-order valence-electron chi connectivity index (χ3n) is 5.18. The molecule has 2 aliphatic heterocycles. The summed E-state index contributed by atoms with van der Waals surface area (Å²) in [4.78, 5) is 53.3. The van der Waals surface area contributed by atoms with E-state index in [1.807, 2.05) is 0 Å².